The minimum Gasteiger partial charge on any atom is -0.497 e. The molecule has 1 amide bonds. The lowest BCUT2D eigenvalue weighted by atomic mass is 10.2. The maximum Gasteiger partial charge on any atom is 0.261 e. The van der Waals surface area contributed by atoms with E-state index in [1.54, 1.807) is 55.6 Å². The second-order valence-electron chi connectivity index (χ2n) is 7.21. The highest BCUT2D eigenvalue weighted by Crippen LogP contribution is 2.29. The Balaban J connectivity index is 1.45. The number of hydrogen-bond donors (Lipinski definition) is 2. The summed E-state index contributed by atoms with van der Waals surface area (Å²) < 4.78 is 44.1. The number of anilines is 2. The minimum absolute atomic E-state index is 0.00877. The Labute approximate surface area is 196 Å². The van der Waals surface area contributed by atoms with E-state index in [2.05, 4.69) is 10.0 Å². The predicted octanol–water partition coefficient (Wildman–Crippen LogP) is 4.90. The van der Waals surface area contributed by atoms with Gasteiger partial charge in [0.15, 0.2) is 11.3 Å². The van der Waals surface area contributed by atoms with Gasteiger partial charge in [0.2, 0.25) is 5.91 Å². The van der Waals surface area contributed by atoms with Gasteiger partial charge in [0.1, 0.15) is 11.5 Å². The lowest BCUT2D eigenvalue weighted by Crippen LogP contribution is -2.14. The summed E-state index contributed by atoms with van der Waals surface area (Å²) in [4.78, 5) is 12.4. The number of amides is 1. The van der Waals surface area contributed by atoms with Gasteiger partial charge in [-0.05, 0) is 60.7 Å². The van der Waals surface area contributed by atoms with Gasteiger partial charge in [0.25, 0.3) is 10.0 Å². The van der Waals surface area contributed by atoms with Crippen LogP contribution in [-0.2, 0) is 14.8 Å². The first-order chi connectivity index (χ1) is 16.4. The average molecular weight is 479 g/mol. The number of fused-ring (bicyclic) bond motifs is 1. The molecule has 0 aliphatic rings. The smallest absolute Gasteiger partial charge is 0.261 e. The zero-order valence-electron chi connectivity index (χ0n) is 18.4. The Morgan fingerprint density at radius 3 is 2.41 bits per heavy atom. The molecule has 8 nitrogen and oxygen atoms in total. The van der Waals surface area contributed by atoms with E-state index in [4.69, 9.17) is 13.9 Å². The van der Waals surface area contributed by atoms with Gasteiger partial charge in [0, 0.05) is 22.8 Å². The number of rotatable bonds is 8. The number of furan rings is 1. The summed E-state index contributed by atoms with van der Waals surface area (Å²) in [6, 6.07) is 19.8. The van der Waals surface area contributed by atoms with Gasteiger partial charge in [-0.1, -0.05) is 18.2 Å². The Hall–Kier alpha value is -4.24. The molecule has 0 atom stereocenters. The largest absolute Gasteiger partial charge is 0.497 e. The molecule has 2 N–H and O–H groups in total. The van der Waals surface area contributed by atoms with E-state index in [0.717, 1.165) is 5.39 Å². The molecule has 0 radical (unpaired) electrons. The monoisotopic (exact) mass is 478 g/mol. The molecule has 3 aromatic carbocycles. The summed E-state index contributed by atoms with van der Waals surface area (Å²) in [5, 5.41) is 3.51. The topological polar surface area (TPSA) is 107 Å². The van der Waals surface area contributed by atoms with Crippen LogP contribution in [0.5, 0.6) is 11.5 Å². The van der Waals surface area contributed by atoms with Crippen molar-refractivity contribution in [2.45, 2.75) is 4.90 Å². The fourth-order valence-corrected chi connectivity index (χ4v) is 4.36. The molecule has 0 bridgehead atoms. The van der Waals surface area contributed by atoms with Crippen LogP contribution in [0.25, 0.3) is 17.0 Å². The van der Waals surface area contributed by atoms with Gasteiger partial charge >= 0.3 is 0 Å². The normalized spacial score (nSPS) is 11.5. The van der Waals surface area contributed by atoms with Gasteiger partial charge in [-0.15, -0.1) is 0 Å². The van der Waals surface area contributed by atoms with Crippen molar-refractivity contribution < 1.29 is 27.1 Å². The van der Waals surface area contributed by atoms with Crippen LogP contribution < -0.4 is 19.5 Å². The van der Waals surface area contributed by atoms with Crippen molar-refractivity contribution in [1.82, 2.24) is 0 Å². The third-order valence-electron chi connectivity index (χ3n) is 4.90. The molecule has 174 valence electrons. The maximum absolute atomic E-state index is 12.8. The molecule has 4 rings (SSSR count). The molecule has 9 heteroatoms. The van der Waals surface area contributed by atoms with Crippen LogP contribution in [0.1, 0.15) is 5.76 Å². The molecule has 0 spiro atoms. The van der Waals surface area contributed by atoms with Gasteiger partial charge in [-0.2, -0.15) is 0 Å². The van der Waals surface area contributed by atoms with Crippen molar-refractivity contribution in [3.63, 3.8) is 0 Å². The number of sulfonamides is 1. The van der Waals surface area contributed by atoms with Crippen LogP contribution in [-0.4, -0.2) is 28.5 Å². The van der Waals surface area contributed by atoms with E-state index in [-0.39, 0.29) is 4.90 Å². The van der Waals surface area contributed by atoms with E-state index in [0.29, 0.717) is 34.2 Å². The molecular formula is C25H22N2O6S. The Bertz CT molecular complexity index is 1460. The number of methoxy groups -OCH3 is 2. The molecule has 34 heavy (non-hydrogen) atoms. The van der Waals surface area contributed by atoms with Crippen LogP contribution in [0.3, 0.4) is 0 Å². The molecule has 0 saturated heterocycles. The number of benzene rings is 3. The second-order valence-corrected chi connectivity index (χ2v) is 8.89. The number of para-hydroxylation sites is 1. The highest BCUT2D eigenvalue weighted by molar-refractivity contribution is 7.92. The number of hydrogen-bond acceptors (Lipinski definition) is 6. The van der Waals surface area contributed by atoms with Crippen LogP contribution in [0.2, 0.25) is 0 Å². The summed E-state index contributed by atoms with van der Waals surface area (Å²) >= 11 is 0. The molecule has 4 aromatic rings. The standard InChI is InChI=1S/C25H22N2O6S/c1-31-20-11-9-18(10-12-20)27-34(29,30)22-7-4-6-19(16-22)26-24(28)14-13-21-15-17-5-3-8-23(32-2)25(17)33-21/h3-16,27H,1-2H3,(H,26,28)/b14-13+. The summed E-state index contributed by atoms with van der Waals surface area (Å²) in [6.07, 6.45) is 2.83. The molecule has 0 fully saturated rings. The second kappa shape index (κ2) is 9.72. The molecular weight excluding hydrogens is 456 g/mol. The van der Waals surface area contributed by atoms with Gasteiger partial charge in [0.05, 0.1) is 19.1 Å². The average Bonchev–Trinajstić information content (AvgIpc) is 3.26. The van der Waals surface area contributed by atoms with E-state index >= 15 is 0 Å². The Morgan fingerprint density at radius 1 is 0.912 bits per heavy atom. The summed E-state index contributed by atoms with van der Waals surface area (Å²) in [6.45, 7) is 0. The van der Waals surface area contributed by atoms with E-state index in [1.807, 2.05) is 12.1 Å². The van der Waals surface area contributed by atoms with Crippen LogP contribution in [0, 0.1) is 0 Å². The first-order valence-electron chi connectivity index (χ1n) is 10.2. The van der Waals surface area contributed by atoms with E-state index < -0.39 is 15.9 Å². The fourth-order valence-electron chi connectivity index (χ4n) is 3.26. The number of ether oxygens (including phenoxy) is 2. The molecule has 0 saturated carbocycles. The molecule has 0 aliphatic carbocycles. The summed E-state index contributed by atoms with van der Waals surface area (Å²) in [5.74, 6) is 1.25. The number of carbonyl (C=O) groups is 1. The maximum atomic E-state index is 12.8. The van der Waals surface area contributed by atoms with Crippen molar-refractivity contribution in [2.75, 3.05) is 24.3 Å². The van der Waals surface area contributed by atoms with Crippen molar-refractivity contribution >= 4 is 44.4 Å². The van der Waals surface area contributed by atoms with Crippen molar-refractivity contribution in [3.05, 3.63) is 84.6 Å². The van der Waals surface area contributed by atoms with Gasteiger partial charge < -0.3 is 19.2 Å². The Kier molecular flexibility index (Phi) is 6.55. The number of carbonyl (C=O) groups excluding carboxylic acids is 1. The molecule has 0 aliphatic heterocycles. The van der Waals surface area contributed by atoms with Crippen molar-refractivity contribution in [3.8, 4) is 11.5 Å². The summed E-state index contributed by atoms with van der Waals surface area (Å²) in [7, 11) is -0.769. The third kappa shape index (κ3) is 5.21. The quantitative estimate of drug-likeness (QED) is 0.349. The van der Waals surface area contributed by atoms with Gasteiger partial charge in [-0.3, -0.25) is 9.52 Å². The predicted molar refractivity (Wildman–Crippen MR) is 131 cm³/mol. The summed E-state index contributed by atoms with van der Waals surface area (Å²) in [5.41, 5.74) is 1.31. The van der Waals surface area contributed by atoms with Crippen LogP contribution >= 0.6 is 0 Å². The zero-order valence-corrected chi connectivity index (χ0v) is 19.3. The van der Waals surface area contributed by atoms with Crippen molar-refractivity contribution in [2.24, 2.45) is 0 Å². The first-order valence-corrected chi connectivity index (χ1v) is 11.7. The fraction of sp³-hybridized carbons (Fsp3) is 0.0800. The zero-order chi connectivity index (χ0) is 24.1. The molecule has 1 heterocycles. The lowest BCUT2D eigenvalue weighted by molar-refractivity contribution is -0.111. The molecule has 0 unspecified atom stereocenters. The third-order valence-corrected chi connectivity index (χ3v) is 6.28. The van der Waals surface area contributed by atoms with Crippen LogP contribution in [0.4, 0.5) is 11.4 Å². The van der Waals surface area contributed by atoms with E-state index in [9.17, 15) is 13.2 Å². The van der Waals surface area contributed by atoms with Gasteiger partial charge in [-0.25, -0.2) is 8.42 Å². The van der Waals surface area contributed by atoms with E-state index in [1.165, 1.54) is 31.4 Å². The minimum atomic E-state index is -3.85. The van der Waals surface area contributed by atoms with Crippen molar-refractivity contribution in [1.29, 1.82) is 0 Å². The highest BCUT2D eigenvalue weighted by atomic mass is 32.2. The SMILES string of the molecule is COc1ccc(NS(=O)(=O)c2cccc(NC(=O)/C=C/c3cc4cccc(OC)c4o3)c2)cc1. The Morgan fingerprint density at radius 2 is 1.68 bits per heavy atom. The lowest BCUT2D eigenvalue weighted by Gasteiger charge is -2.10. The number of nitrogens with one attached hydrogen (secondary N) is 2. The van der Waals surface area contributed by atoms with Crippen LogP contribution in [0.15, 0.2) is 88.2 Å². The molecule has 1 aromatic heterocycles. The highest BCUT2D eigenvalue weighted by Gasteiger charge is 2.15. The first kappa shape index (κ1) is 22.9.